The molecule has 1 heterocycles. The predicted molar refractivity (Wildman–Crippen MR) is 55.5 cm³/mol. The molecule has 0 amide bonds. The molecule has 13 heavy (non-hydrogen) atoms. The van der Waals surface area contributed by atoms with Gasteiger partial charge in [-0.1, -0.05) is 19.8 Å². The van der Waals surface area contributed by atoms with E-state index in [1.54, 1.807) is 11.3 Å². The third-order valence-corrected chi connectivity index (χ3v) is 3.00. The quantitative estimate of drug-likeness (QED) is 0.536. The Morgan fingerprint density at radius 1 is 1.46 bits per heavy atom. The van der Waals surface area contributed by atoms with Gasteiger partial charge in [-0.25, -0.2) is 4.98 Å². The van der Waals surface area contributed by atoms with Crippen LogP contribution in [0.2, 0.25) is 0 Å². The zero-order chi connectivity index (χ0) is 9.68. The van der Waals surface area contributed by atoms with Crippen LogP contribution < -0.4 is 0 Å². The average Bonchev–Trinajstić information content (AvgIpc) is 2.47. The first-order valence-corrected chi connectivity index (χ1v) is 5.51. The number of aldehydes is 1. The minimum Gasteiger partial charge on any atom is -0.296 e. The molecule has 1 aromatic rings. The van der Waals surface area contributed by atoms with Crippen molar-refractivity contribution in [3.8, 4) is 0 Å². The normalized spacial score (nSPS) is 10.3. The zero-order valence-corrected chi connectivity index (χ0v) is 8.99. The number of rotatable bonds is 5. The van der Waals surface area contributed by atoms with Crippen molar-refractivity contribution in [2.24, 2.45) is 0 Å². The maximum absolute atomic E-state index is 10.6. The van der Waals surface area contributed by atoms with E-state index in [4.69, 9.17) is 0 Å². The van der Waals surface area contributed by atoms with Crippen molar-refractivity contribution in [3.63, 3.8) is 0 Å². The van der Waals surface area contributed by atoms with Gasteiger partial charge >= 0.3 is 0 Å². The third-order valence-electron chi connectivity index (χ3n) is 1.95. The van der Waals surface area contributed by atoms with Crippen LogP contribution in [0.25, 0.3) is 0 Å². The Kier molecular flexibility index (Phi) is 4.09. The summed E-state index contributed by atoms with van der Waals surface area (Å²) in [5.41, 5.74) is 0.651. The number of carbonyl (C=O) groups is 1. The predicted octanol–water partition coefficient (Wildman–Crippen LogP) is 3.00. The van der Waals surface area contributed by atoms with Crippen LogP contribution in [0.15, 0.2) is 0 Å². The van der Waals surface area contributed by atoms with Crippen molar-refractivity contribution in [1.29, 1.82) is 0 Å². The summed E-state index contributed by atoms with van der Waals surface area (Å²) in [6.07, 6.45) is 5.49. The molecule has 72 valence electrons. The van der Waals surface area contributed by atoms with Crippen LogP contribution in [-0.4, -0.2) is 11.3 Å². The fraction of sp³-hybridized carbons (Fsp3) is 0.600. The maximum Gasteiger partial charge on any atom is 0.169 e. The van der Waals surface area contributed by atoms with Crippen molar-refractivity contribution in [3.05, 3.63) is 15.6 Å². The number of carbonyl (C=O) groups excluding carboxylic acids is 1. The second-order valence-corrected chi connectivity index (χ2v) is 4.40. The molecule has 0 saturated carbocycles. The van der Waals surface area contributed by atoms with Gasteiger partial charge in [-0.3, -0.25) is 4.79 Å². The second-order valence-electron chi connectivity index (χ2n) is 3.12. The van der Waals surface area contributed by atoms with E-state index in [0.717, 1.165) is 22.6 Å². The van der Waals surface area contributed by atoms with Crippen LogP contribution >= 0.6 is 11.3 Å². The van der Waals surface area contributed by atoms with E-state index in [9.17, 15) is 4.79 Å². The monoisotopic (exact) mass is 197 g/mol. The van der Waals surface area contributed by atoms with Gasteiger partial charge in [0.2, 0.25) is 0 Å². The van der Waals surface area contributed by atoms with Gasteiger partial charge in [0, 0.05) is 4.88 Å². The molecule has 0 aliphatic carbocycles. The molecule has 2 nitrogen and oxygen atoms in total. The number of nitrogens with zero attached hydrogens (tertiary/aromatic N) is 1. The summed E-state index contributed by atoms with van der Waals surface area (Å²) in [6.45, 7) is 4.12. The summed E-state index contributed by atoms with van der Waals surface area (Å²) in [5, 5.41) is 0.994. The number of thiazole rings is 1. The second kappa shape index (κ2) is 5.12. The first-order valence-electron chi connectivity index (χ1n) is 4.69. The minimum absolute atomic E-state index is 0.651. The first kappa shape index (κ1) is 10.4. The summed E-state index contributed by atoms with van der Waals surface area (Å²) < 4.78 is 0. The maximum atomic E-state index is 10.6. The summed E-state index contributed by atoms with van der Waals surface area (Å²) in [5.74, 6) is 0. The molecule has 0 bridgehead atoms. The van der Waals surface area contributed by atoms with Gasteiger partial charge in [-0.15, -0.1) is 11.3 Å². The Morgan fingerprint density at radius 3 is 2.85 bits per heavy atom. The van der Waals surface area contributed by atoms with Gasteiger partial charge < -0.3 is 0 Å². The number of hydrogen-bond acceptors (Lipinski definition) is 3. The molecule has 3 heteroatoms. The molecule has 0 spiro atoms. The van der Waals surface area contributed by atoms with Gasteiger partial charge in [0.1, 0.15) is 5.69 Å². The largest absolute Gasteiger partial charge is 0.296 e. The Balaban J connectivity index is 2.58. The highest BCUT2D eigenvalue weighted by Crippen LogP contribution is 2.19. The lowest BCUT2D eigenvalue weighted by Gasteiger charge is -1.95. The highest BCUT2D eigenvalue weighted by Gasteiger charge is 2.06. The molecule has 0 aliphatic rings. The van der Waals surface area contributed by atoms with Gasteiger partial charge in [-0.05, 0) is 19.8 Å². The standard InChI is InChI=1S/C10H15NOS/c1-3-4-5-6-10-9(7-12)11-8(2)13-10/h7H,3-6H2,1-2H3. The summed E-state index contributed by atoms with van der Waals surface area (Å²) in [6, 6.07) is 0. The summed E-state index contributed by atoms with van der Waals surface area (Å²) >= 11 is 1.65. The van der Waals surface area contributed by atoms with E-state index >= 15 is 0 Å². The van der Waals surface area contributed by atoms with E-state index in [-0.39, 0.29) is 0 Å². The fourth-order valence-corrected chi connectivity index (χ4v) is 2.24. The molecular formula is C10H15NOS. The lowest BCUT2D eigenvalue weighted by atomic mass is 10.2. The fourth-order valence-electron chi connectivity index (χ4n) is 1.29. The molecule has 0 fully saturated rings. The van der Waals surface area contributed by atoms with Crippen LogP contribution in [-0.2, 0) is 6.42 Å². The van der Waals surface area contributed by atoms with E-state index in [2.05, 4.69) is 11.9 Å². The summed E-state index contributed by atoms with van der Waals surface area (Å²) in [7, 11) is 0. The van der Waals surface area contributed by atoms with Crippen LogP contribution in [0.5, 0.6) is 0 Å². The molecule has 1 rings (SSSR count). The Bertz CT molecular complexity index is 280. The van der Waals surface area contributed by atoms with E-state index in [1.165, 1.54) is 19.3 Å². The molecule has 0 aromatic carbocycles. The van der Waals surface area contributed by atoms with E-state index < -0.39 is 0 Å². The Labute approximate surface area is 83.0 Å². The summed E-state index contributed by atoms with van der Waals surface area (Å²) in [4.78, 5) is 15.9. The van der Waals surface area contributed by atoms with Crippen molar-refractivity contribution >= 4 is 17.6 Å². The number of aryl methyl sites for hydroxylation is 2. The third kappa shape index (κ3) is 2.92. The van der Waals surface area contributed by atoms with E-state index in [0.29, 0.717) is 5.69 Å². The topological polar surface area (TPSA) is 30.0 Å². The number of hydrogen-bond donors (Lipinski definition) is 0. The van der Waals surface area contributed by atoms with Crippen LogP contribution in [0, 0.1) is 6.92 Å². The molecule has 0 N–H and O–H groups in total. The van der Waals surface area contributed by atoms with Gasteiger partial charge in [0.25, 0.3) is 0 Å². The average molecular weight is 197 g/mol. The lowest BCUT2D eigenvalue weighted by Crippen LogP contribution is -1.88. The molecule has 0 unspecified atom stereocenters. The number of aromatic nitrogens is 1. The van der Waals surface area contributed by atoms with E-state index in [1.807, 2.05) is 6.92 Å². The van der Waals surface area contributed by atoms with Gasteiger partial charge in [-0.2, -0.15) is 0 Å². The molecule has 0 radical (unpaired) electrons. The first-order chi connectivity index (χ1) is 6.27. The van der Waals surface area contributed by atoms with Crippen molar-refractivity contribution in [2.75, 3.05) is 0 Å². The smallest absolute Gasteiger partial charge is 0.169 e. The molecule has 0 saturated heterocycles. The number of unbranched alkanes of at least 4 members (excludes halogenated alkanes) is 2. The lowest BCUT2D eigenvalue weighted by molar-refractivity contribution is 0.111. The molecule has 0 atom stereocenters. The van der Waals surface area contributed by atoms with Crippen molar-refractivity contribution < 1.29 is 4.79 Å². The molecule has 0 aliphatic heterocycles. The Hall–Kier alpha value is -0.700. The highest BCUT2D eigenvalue weighted by atomic mass is 32.1. The van der Waals surface area contributed by atoms with Crippen molar-refractivity contribution in [1.82, 2.24) is 4.98 Å². The van der Waals surface area contributed by atoms with Gasteiger partial charge in [0.05, 0.1) is 5.01 Å². The van der Waals surface area contributed by atoms with Gasteiger partial charge in [0.15, 0.2) is 6.29 Å². The molecule has 1 aromatic heterocycles. The van der Waals surface area contributed by atoms with Crippen molar-refractivity contribution in [2.45, 2.75) is 39.5 Å². The Morgan fingerprint density at radius 2 is 2.23 bits per heavy atom. The van der Waals surface area contributed by atoms with Crippen LogP contribution in [0.3, 0.4) is 0 Å². The van der Waals surface area contributed by atoms with Crippen LogP contribution in [0.4, 0.5) is 0 Å². The molecular weight excluding hydrogens is 182 g/mol. The zero-order valence-electron chi connectivity index (χ0n) is 8.17. The highest BCUT2D eigenvalue weighted by molar-refractivity contribution is 7.11. The van der Waals surface area contributed by atoms with Crippen LogP contribution in [0.1, 0.15) is 46.6 Å². The minimum atomic E-state index is 0.651. The SMILES string of the molecule is CCCCCc1sc(C)nc1C=O.